The Morgan fingerprint density at radius 3 is 2.10 bits per heavy atom. The molecule has 214 valence electrons. The lowest BCUT2D eigenvalue weighted by Crippen LogP contribution is -2.57. The Kier molecular flexibility index (Phi) is 9.08. The first-order chi connectivity index (χ1) is 17.7. The molecule has 1 amide bonds. The highest BCUT2D eigenvalue weighted by Gasteiger charge is 2.73. The fourth-order valence-electron chi connectivity index (χ4n) is 3.79. The lowest BCUT2D eigenvalue weighted by Gasteiger charge is -2.42. The van der Waals surface area contributed by atoms with Gasteiger partial charge >= 0.3 is 12.4 Å². The summed E-state index contributed by atoms with van der Waals surface area (Å²) in [6.45, 7) is 1.94. The van der Waals surface area contributed by atoms with Crippen LogP contribution in [0.5, 0.6) is 0 Å². The van der Waals surface area contributed by atoms with Crippen molar-refractivity contribution in [3.63, 3.8) is 0 Å². The van der Waals surface area contributed by atoms with E-state index in [1.54, 1.807) is 0 Å². The third-order valence-corrected chi connectivity index (χ3v) is 8.31. The standard InChI is InChI=1S/C23H21F7N2O5S2/c1-3-17(33)18(38)32(15-7-4-13(11-31)21(10-15,22(25,26)27)23(28,29)30)19(34)20(2,35)12-39(36,37)16-8-5-14(24)6-9-16/h4-9,17,33,35H,3,10,12H2,1-2H3. The van der Waals surface area contributed by atoms with Crippen LogP contribution in [0.4, 0.5) is 30.7 Å². The molecule has 0 spiro atoms. The molecule has 2 atom stereocenters. The SMILES string of the molecule is CCC(O)C(=S)N(C(=O)C(C)(O)CS(=O)(=O)c1ccc(F)cc1)C1=CC=C(C#N)C(C(F)(F)F)(C(F)(F)F)C1. The van der Waals surface area contributed by atoms with Crippen LogP contribution in [0.1, 0.15) is 26.7 Å². The second kappa shape index (κ2) is 11.0. The molecule has 2 rings (SSSR count). The maximum absolute atomic E-state index is 14.0. The number of aliphatic hydroxyl groups excluding tert-OH is 1. The van der Waals surface area contributed by atoms with Gasteiger partial charge in [0.2, 0.25) is 5.41 Å². The van der Waals surface area contributed by atoms with Crippen molar-refractivity contribution in [2.75, 3.05) is 5.75 Å². The number of allylic oxidation sites excluding steroid dienone is 4. The number of halogens is 7. The average molecular weight is 603 g/mol. The normalized spacial score (nSPS) is 18.2. The van der Waals surface area contributed by atoms with Crippen molar-refractivity contribution < 1.29 is 54.2 Å². The number of alkyl halides is 6. The van der Waals surface area contributed by atoms with Crippen LogP contribution >= 0.6 is 12.2 Å². The van der Waals surface area contributed by atoms with Crippen molar-refractivity contribution in [3.05, 3.63) is 53.5 Å². The molecule has 0 aliphatic heterocycles. The van der Waals surface area contributed by atoms with Crippen LogP contribution in [0.15, 0.2) is 52.6 Å². The third-order valence-electron chi connectivity index (χ3n) is 5.92. The summed E-state index contributed by atoms with van der Waals surface area (Å²) in [5, 5.41) is 30.2. The molecule has 2 unspecified atom stereocenters. The number of nitriles is 1. The number of thiocarbonyl (C=S) groups is 1. The van der Waals surface area contributed by atoms with Gasteiger partial charge in [0.1, 0.15) is 16.9 Å². The quantitative estimate of drug-likeness (QED) is 0.274. The van der Waals surface area contributed by atoms with Crippen molar-refractivity contribution in [2.24, 2.45) is 5.41 Å². The molecule has 1 aromatic carbocycles. The molecule has 1 aliphatic carbocycles. The van der Waals surface area contributed by atoms with E-state index in [1.165, 1.54) is 6.92 Å². The molecule has 0 bridgehead atoms. The van der Waals surface area contributed by atoms with Gasteiger partial charge in [-0.1, -0.05) is 19.1 Å². The predicted octanol–water partition coefficient (Wildman–Crippen LogP) is 4.13. The fourth-order valence-corrected chi connectivity index (χ4v) is 5.74. The summed E-state index contributed by atoms with van der Waals surface area (Å²) in [6.07, 6.45) is -15.6. The van der Waals surface area contributed by atoms with E-state index in [2.05, 4.69) is 0 Å². The Morgan fingerprint density at radius 1 is 1.15 bits per heavy atom. The number of sulfone groups is 1. The van der Waals surface area contributed by atoms with Gasteiger partial charge in [0.25, 0.3) is 5.91 Å². The summed E-state index contributed by atoms with van der Waals surface area (Å²) < 4.78 is 123. The van der Waals surface area contributed by atoms with E-state index in [4.69, 9.17) is 17.5 Å². The number of hydrogen-bond acceptors (Lipinski definition) is 7. The van der Waals surface area contributed by atoms with E-state index in [9.17, 15) is 54.2 Å². The molecule has 0 radical (unpaired) electrons. The van der Waals surface area contributed by atoms with E-state index in [0.717, 1.165) is 30.3 Å². The topological polar surface area (TPSA) is 119 Å². The van der Waals surface area contributed by atoms with Gasteiger partial charge in [-0.05, 0) is 49.8 Å². The Hall–Kier alpha value is -2.87. The number of carbonyl (C=O) groups is 1. The lowest BCUT2D eigenvalue weighted by atomic mass is 9.72. The number of amides is 1. The summed E-state index contributed by atoms with van der Waals surface area (Å²) in [5.74, 6) is -4.01. The number of hydrogen-bond donors (Lipinski definition) is 2. The smallest absolute Gasteiger partial charge is 0.386 e. The molecule has 39 heavy (non-hydrogen) atoms. The van der Waals surface area contributed by atoms with E-state index >= 15 is 0 Å². The molecule has 0 heterocycles. The van der Waals surface area contributed by atoms with Crippen LogP contribution in [0.3, 0.4) is 0 Å². The zero-order valence-corrected chi connectivity index (χ0v) is 21.8. The van der Waals surface area contributed by atoms with Crippen LogP contribution in [0.25, 0.3) is 0 Å². The van der Waals surface area contributed by atoms with E-state index in [1.807, 2.05) is 0 Å². The molecular formula is C23H21F7N2O5S2. The maximum atomic E-state index is 14.0. The van der Waals surface area contributed by atoms with Gasteiger partial charge in [0.05, 0.1) is 22.3 Å². The first-order valence-electron chi connectivity index (χ1n) is 10.9. The number of rotatable bonds is 7. The van der Waals surface area contributed by atoms with Gasteiger partial charge in [-0.2, -0.15) is 31.6 Å². The lowest BCUT2D eigenvalue weighted by molar-refractivity contribution is -0.324. The fraction of sp³-hybridized carbons (Fsp3) is 0.435. The van der Waals surface area contributed by atoms with Gasteiger partial charge in [-0.3, -0.25) is 9.69 Å². The van der Waals surface area contributed by atoms with Gasteiger partial charge < -0.3 is 10.2 Å². The van der Waals surface area contributed by atoms with Crippen molar-refractivity contribution >= 4 is 33.0 Å². The Labute approximate surface area is 223 Å². The van der Waals surface area contributed by atoms with Crippen LogP contribution in [-0.4, -0.2) is 64.2 Å². The Morgan fingerprint density at radius 2 is 1.67 bits per heavy atom. The summed E-state index contributed by atoms with van der Waals surface area (Å²) >= 11 is 4.96. The Bertz CT molecular complexity index is 1330. The van der Waals surface area contributed by atoms with Gasteiger partial charge in [0, 0.05) is 12.1 Å². The van der Waals surface area contributed by atoms with Crippen molar-refractivity contribution in [1.82, 2.24) is 4.90 Å². The molecule has 16 heteroatoms. The summed E-state index contributed by atoms with van der Waals surface area (Å²) in [6, 6.07) is 4.04. The minimum atomic E-state index is -6.10. The number of carbonyl (C=O) groups excluding carboxylic acids is 1. The van der Waals surface area contributed by atoms with Crippen LogP contribution in [-0.2, 0) is 14.6 Å². The largest absolute Gasteiger partial charge is 0.408 e. The molecule has 7 nitrogen and oxygen atoms in total. The minimum absolute atomic E-state index is 0.0283. The zero-order valence-electron chi connectivity index (χ0n) is 20.1. The first kappa shape index (κ1) is 32.3. The van der Waals surface area contributed by atoms with Gasteiger partial charge in [-0.15, -0.1) is 0 Å². The first-order valence-corrected chi connectivity index (χ1v) is 12.9. The second-order valence-corrected chi connectivity index (χ2v) is 11.2. The van der Waals surface area contributed by atoms with Crippen molar-refractivity contribution in [2.45, 2.75) is 55.6 Å². The monoisotopic (exact) mass is 602 g/mol. The van der Waals surface area contributed by atoms with Crippen molar-refractivity contribution in [3.8, 4) is 6.07 Å². The highest BCUT2D eigenvalue weighted by atomic mass is 32.2. The minimum Gasteiger partial charge on any atom is -0.386 e. The molecular weight excluding hydrogens is 581 g/mol. The van der Waals surface area contributed by atoms with Gasteiger partial charge in [0.15, 0.2) is 15.4 Å². The molecule has 1 aliphatic rings. The van der Waals surface area contributed by atoms with E-state index in [0.29, 0.717) is 13.0 Å². The number of nitrogens with zero attached hydrogens (tertiary/aromatic N) is 2. The average Bonchev–Trinajstić information content (AvgIpc) is 2.81. The van der Waals surface area contributed by atoms with Crippen LogP contribution in [0, 0.1) is 22.6 Å². The second-order valence-electron chi connectivity index (χ2n) is 8.82. The zero-order chi connectivity index (χ0) is 30.2. The third kappa shape index (κ3) is 6.16. The van der Waals surface area contributed by atoms with E-state index in [-0.39, 0.29) is 17.4 Å². The molecule has 0 saturated carbocycles. The van der Waals surface area contributed by atoms with Crippen LogP contribution < -0.4 is 0 Å². The molecule has 1 aromatic rings. The highest BCUT2D eigenvalue weighted by Crippen LogP contribution is 2.59. The molecule has 0 aromatic heterocycles. The number of aliphatic hydroxyl groups is 2. The summed E-state index contributed by atoms with van der Waals surface area (Å²) in [4.78, 5) is 12.0. The summed E-state index contributed by atoms with van der Waals surface area (Å²) in [5.41, 5.74) is -10.6. The Balaban J connectivity index is 2.68. The molecule has 0 fully saturated rings. The van der Waals surface area contributed by atoms with Gasteiger partial charge in [-0.25, -0.2) is 12.8 Å². The van der Waals surface area contributed by atoms with E-state index < -0.39 is 84.4 Å². The highest BCUT2D eigenvalue weighted by molar-refractivity contribution is 7.91. The summed E-state index contributed by atoms with van der Waals surface area (Å²) in [7, 11) is -4.58. The number of benzene rings is 1. The molecule has 2 N–H and O–H groups in total. The predicted molar refractivity (Wildman–Crippen MR) is 126 cm³/mol. The van der Waals surface area contributed by atoms with Crippen LogP contribution in [0.2, 0.25) is 0 Å². The molecule has 0 saturated heterocycles. The maximum Gasteiger partial charge on any atom is 0.408 e. The van der Waals surface area contributed by atoms with Crippen molar-refractivity contribution in [1.29, 1.82) is 5.26 Å².